The molecule has 0 heterocycles. The molecule has 0 amide bonds. The molecule has 1 rings (SSSR count). The first kappa shape index (κ1) is 16.5. The Morgan fingerprint density at radius 3 is 2.00 bits per heavy atom. The van der Waals surface area contributed by atoms with Crippen LogP contribution in [-0.2, 0) is 4.79 Å². The third-order valence-electron chi connectivity index (χ3n) is 4.29. The van der Waals surface area contributed by atoms with Gasteiger partial charge in [-0.3, -0.25) is 4.79 Å². The number of carbonyl (C=O) groups excluding carboxylic acids is 1. The second-order valence-corrected chi connectivity index (χ2v) is 6.85. The molecule has 4 heteroatoms. The van der Waals surface area contributed by atoms with Crippen LogP contribution in [0.25, 0.3) is 0 Å². The van der Waals surface area contributed by atoms with Crippen molar-refractivity contribution in [3.05, 3.63) is 0 Å². The van der Waals surface area contributed by atoms with Gasteiger partial charge in [0.2, 0.25) is 0 Å². The molecule has 0 aromatic rings. The van der Waals surface area contributed by atoms with Crippen LogP contribution in [0, 0.1) is 17.3 Å². The largest absolute Gasteiger partial charge is 0.389 e. The van der Waals surface area contributed by atoms with Crippen LogP contribution < -0.4 is 0 Å². The number of ketones is 1. The molecule has 0 aromatic heterocycles. The zero-order chi connectivity index (χ0) is 14.7. The van der Waals surface area contributed by atoms with Crippen molar-refractivity contribution in [1.29, 1.82) is 0 Å². The Labute approximate surface area is 114 Å². The Kier molecular flexibility index (Phi) is 5.45. The molecular formula is C15H25F3O. The van der Waals surface area contributed by atoms with Crippen LogP contribution in [-0.4, -0.2) is 12.0 Å². The molecule has 19 heavy (non-hydrogen) atoms. The summed E-state index contributed by atoms with van der Waals surface area (Å²) in [7, 11) is 0. The van der Waals surface area contributed by atoms with Crippen molar-refractivity contribution in [2.45, 2.75) is 71.9 Å². The minimum Gasteiger partial charge on any atom is -0.299 e. The standard InChI is InChI=1S/C15H25F3O/c1-14(2,3)12-8-6-11(7-9-12)13(19)5-4-10-15(16,17)18/h11-12H,4-10H2,1-3H3. The molecule has 112 valence electrons. The number of rotatable bonds is 4. The molecule has 0 bridgehead atoms. The van der Waals surface area contributed by atoms with Gasteiger partial charge in [-0.1, -0.05) is 20.8 Å². The van der Waals surface area contributed by atoms with Gasteiger partial charge in [0.15, 0.2) is 0 Å². The quantitative estimate of drug-likeness (QED) is 0.695. The zero-order valence-electron chi connectivity index (χ0n) is 12.1. The summed E-state index contributed by atoms with van der Waals surface area (Å²) in [5, 5.41) is 0. The summed E-state index contributed by atoms with van der Waals surface area (Å²) in [6.45, 7) is 6.63. The fraction of sp³-hybridized carbons (Fsp3) is 0.933. The number of alkyl halides is 3. The summed E-state index contributed by atoms with van der Waals surface area (Å²) in [5.74, 6) is 0.676. The Morgan fingerprint density at radius 2 is 1.58 bits per heavy atom. The number of carbonyl (C=O) groups is 1. The van der Waals surface area contributed by atoms with Crippen LogP contribution in [0.4, 0.5) is 13.2 Å². The SMILES string of the molecule is CC(C)(C)C1CCC(C(=O)CCCC(F)(F)F)CC1. The molecule has 0 radical (unpaired) electrons. The van der Waals surface area contributed by atoms with Crippen molar-refractivity contribution in [2.75, 3.05) is 0 Å². The van der Waals surface area contributed by atoms with Gasteiger partial charge in [0, 0.05) is 18.8 Å². The van der Waals surface area contributed by atoms with E-state index < -0.39 is 12.6 Å². The number of Topliss-reactive ketones (excluding diaryl/α,β-unsaturated/α-hetero) is 1. The highest BCUT2D eigenvalue weighted by Crippen LogP contribution is 2.40. The van der Waals surface area contributed by atoms with Gasteiger partial charge < -0.3 is 0 Å². The first-order chi connectivity index (χ1) is 8.59. The summed E-state index contributed by atoms with van der Waals surface area (Å²) < 4.78 is 36.1. The van der Waals surface area contributed by atoms with E-state index in [2.05, 4.69) is 20.8 Å². The maximum Gasteiger partial charge on any atom is 0.389 e. The number of hydrogen-bond donors (Lipinski definition) is 0. The first-order valence-electron chi connectivity index (χ1n) is 7.19. The van der Waals surface area contributed by atoms with Crippen LogP contribution in [0.1, 0.15) is 65.7 Å². The van der Waals surface area contributed by atoms with Crippen molar-refractivity contribution in [3.63, 3.8) is 0 Å². The molecule has 0 saturated heterocycles. The van der Waals surface area contributed by atoms with Gasteiger partial charge in [0.1, 0.15) is 5.78 Å². The third-order valence-corrected chi connectivity index (χ3v) is 4.29. The fourth-order valence-corrected chi connectivity index (χ4v) is 2.95. The normalized spacial score (nSPS) is 25.4. The lowest BCUT2D eigenvalue weighted by Gasteiger charge is -2.36. The molecule has 1 fully saturated rings. The monoisotopic (exact) mass is 278 g/mol. The van der Waals surface area contributed by atoms with Crippen molar-refractivity contribution >= 4 is 5.78 Å². The fourth-order valence-electron chi connectivity index (χ4n) is 2.95. The first-order valence-corrected chi connectivity index (χ1v) is 7.19. The molecule has 0 aromatic carbocycles. The topological polar surface area (TPSA) is 17.1 Å². The van der Waals surface area contributed by atoms with Crippen LogP contribution in [0.3, 0.4) is 0 Å². The molecule has 1 aliphatic carbocycles. The van der Waals surface area contributed by atoms with Gasteiger partial charge in [-0.15, -0.1) is 0 Å². The smallest absolute Gasteiger partial charge is 0.299 e. The van der Waals surface area contributed by atoms with Gasteiger partial charge >= 0.3 is 6.18 Å². The molecule has 1 nitrogen and oxygen atoms in total. The van der Waals surface area contributed by atoms with E-state index >= 15 is 0 Å². The highest BCUT2D eigenvalue weighted by atomic mass is 19.4. The molecule has 0 N–H and O–H groups in total. The molecular weight excluding hydrogens is 253 g/mol. The van der Waals surface area contributed by atoms with Crippen LogP contribution >= 0.6 is 0 Å². The Hall–Kier alpha value is -0.540. The maximum atomic E-state index is 12.0. The van der Waals surface area contributed by atoms with E-state index in [9.17, 15) is 18.0 Å². The van der Waals surface area contributed by atoms with Gasteiger partial charge in [-0.05, 0) is 43.4 Å². The second kappa shape index (κ2) is 6.27. The Balaban J connectivity index is 2.29. The molecule has 1 aliphatic rings. The number of halogens is 3. The molecule has 0 spiro atoms. The van der Waals surface area contributed by atoms with Gasteiger partial charge in [-0.2, -0.15) is 13.2 Å². The summed E-state index contributed by atoms with van der Waals surface area (Å²) in [6.07, 6.45) is -1.18. The molecule has 0 atom stereocenters. The van der Waals surface area contributed by atoms with Crippen molar-refractivity contribution in [2.24, 2.45) is 17.3 Å². The van der Waals surface area contributed by atoms with E-state index in [1.807, 2.05) is 0 Å². The summed E-state index contributed by atoms with van der Waals surface area (Å²) in [4.78, 5) is 11.9. The summed E-state index contributed by atoms with van der Waals surface area (Å²) in [5.41, 5.74) is 0.268. The highest BCUT2D eigenvalue weighted by molar-refractivity contribution is 5.81. The van der Waals surface area contributed by atoms with Gasteiger partial charge in [0.05, 0.1) is 0 Å². The van der Waals surface area contributed by atoms with Crippen molar-refractivity contribution < 1.29 is 18.0 Å². The van der Waals surface area contributed by atoms with Gasteiger partial charge in [0.25, 0.3) is 0 Å². The van der Waals surface area contributed by atoms with Crippen molar-refractivity contribution in [1.82, 2.24) is 0 Å². The summed E-state index contributed by atoms with van der Waals surface area (Å²) >= 11 is 0. The van der Waals surface area contributed by atoms with Gasteiger partial charge in [-0.25, -0.2) is 0 Å². The van der Waals surface area contributed by atoms with E-state index in [-0.39, 0.29) is 30.0 Å². The average Bonchev–Trinajstić information content (AvgIpc) is 2.26. The summed E-state index contributed by atoms with van der Waals surface area (Å²) in [6, 6.07) is 0. The minimum atomic E-state index is -4.13. The average molecular weight is 278 g/mol. The Morgan fingerprint density at radius 1 is 1.05 bits per heavy atom. The number of hydrogen-bond acceptors (Lipinski definition) is 1. The second-order valence-electron chi connectivity index (χ2n) is 6.85. The van der Waals surface area contributed by atoms with E-state index in [1.54, 1.807) is 0 Å². The van der Waals surface area contributed by atoms with Crippen LogP contribution in [0.2, 0.25) is 0 Å². The Bertz CT molecular complexity index is 293. The zero-order valence-corrected chi connectivity index (χ0v) is 12.1. The van der Waals surface area contributed by atoms with Crippen molar-refractivity contribution in [3.8, 4) is 0 Å². The third kappa shape index (κ3) is 5.96. The molecule has 1 saturated carbocycles. The van der Waals surface area contributed by atoms with Crippen LogP contribution in [0.5, 0.6) is 0 Å². The lowest BCUT2D eigenvalue weighted by atomic mass is 9.69. The maximum absolute atomic E-state index is 12.0. The lowest BCUT2D eigenvalue weighted by Crippen LogP contribution is -2.28. The molecule has 0 aliphatic heterocycles. The lowest BCUT2D eigenvalue weighted by molar-refractivity contribution is -0.138. The highest BCUT2D eigenvalue weighted by Gasteiger charge is 2.32. The van der Waals surface area contributed by atoms with E-state index in [4.69, 9.17) is 0 Å². The predicted molar refractivity (Wildman–Crippen MR) is 69.8 cm³/mol. The minimum absolute atomic E-state index is 0.00633. The predicted octanol–water partition coefficient (Wildman–Crippen LogP) is 5.14. The van der Waals surface area contributed by atoms with E-state index in [1.165, 1.54) is 0 Å². The van der Waals surface area contributed by atoms with Crippen LogP contribution in [0.15, 0.2) is 0 Å². The van der Waals surface area contributed by atoms with E-state index in [0.717, 1.165) is 25.7 Å². The van der Waals surface area contributed by atoms with E-state index in [0.29, 0.717) is 5.92 Å². The molecule has 0 unspecified atom stereocenters.